The van der Waals surface area contributed by atoms with Crippen LogP contribution in [0, 0.1) is 11.8 Å². The Kier molecular flexibility index (Phi) is 3.95. The summed E-state index contributed by atoms with van der Waals surface area (Å²) in [7, 11) is 0. The molecule has 98 valence electrons. The van der Waals surface area contributed by atoms with Gasteiger partial charge in [-0.25, -0.2) is 0 Å². The number of hydrogen-bond donors (Lipinski definition) is 2. The Morgan fingerprint density at radius 2 is 1.88 bits per heavy atom. The van der Waals surface area contributed by atoms with Gasteiger partial charge in [0.2, 0.25) is 5.91 Å². The van der Waals surface area contributed by atoms with Gasteiger partial charge in [-0.2, -0.15) is 0 Å². The highest BCUT2D eigenvalue weighted by molar-refractivity contribution is 5.85. The molecular formula is C12H22ClN3O. The molecule has 3 atom stereocenters. The fourth-order valence-corrected chi connectivity index (χ4v) is 2.92. The molecule has 1 amide bonds. The second-order valence-corrected chi connectivity index (χ2v) is 5.59. The lowest BCUT2D eigenvalue weighted by atomic mass is 10.0. The number of carbonyl (C=O) groups is 1. The Bertz CT molecular complexity index is 283. The van der Waals surface area contributed by atoms with Crippen molar-refractivity contribution in [3.63, 3.8) is 0 Å². The van der Waals surface area contributed by atoms with Crippen LogP contribution in [0.25, 0.3) is 0 Å². The molecule has 0 radical (unpaired) electrons. The van der Waals surface area contributed by atoms with Gasteiger partial charge in [0.1, 0.15) is 0 Å². The van der Waals surface area contributed by atoms with E-state index in [4.69, 9.17) is 0 Å². The first-order chi connectivity index (χ1) is 7.74. The summed E-state index contributed by atoms with van der Waals surface area (Å²) in [6, 6.07) is 0.546. The quantitative estimate of drug-likeness (QED) is 0.763. The highest BCUT2D eigenvalue weighted by atomic mass is 35.5. The molecular weight excluding hydrogens is 238 g/mol. The second kappa shape index (κ2) is 5.12. The van der Waals surface area contributed by atoms with Crippen molar-refractivity contribution in [2.45, 2.75) is 31.8 Å². The normalized spacial score (nSPS) is 33.9. The van der Waals surface area contributed by atoms with E-state index in [1.165, 1.54) is 12.8 Å². The van der Waals surface area contributed by atoms with Gasteiger partial charge < -0.3 is 10.6 Å². The van der Waals surface area contributed by atoms with Gasteiger partial charge in [-0.15, -0.1) is 12.4 Å². The molecule has 4 nitrogen and oxygen atoms in total. The number of amides is 1. The average molecular weight is 260 g/mol. The molecule has 1 saturated carbocycles. The maximum atomic E-state index is 11.9. The van der Waals surface area contributed by atoms with Gasteiger partial charge in [-0.1, -0.05) is 0 Å². The predicted octanol–water partition coefficient (Wildman–Crippen LogP) is 0.227. The van der Waals surface area contributed by atoms with E-state index in [1.807, 2.05) is 6.92 Å². The maximum Gasteiger partial charge on any atom is 0.237 e. The third kappa shape index (κ3) is 2.75. The first kappa shape index (κ1) is 13.1. The number of fused-ring (bicyclic) bond motifs is 1. The zero-order valence-corrected chi connectivity index (χ0v) is 11.1. The number of hydrogen-bond acceptors (Lipinski definition) is 3. The summed E-state index contributed by atoms with van der Waals surface area (Å²) in [5.41, 5.74) is 0. The van der Waals surface area contributed by atoms with Crippen molar-refractivity contribution in [2.75, 3.05) is 26.2 Å². The van der Waals surface area contributed by atoms with E-state index >= 15 is 0 Å². The molecule has 0 spiro atoms. The van der Waals surface area contributed by atoms with Crippen LogP contribution in [0.4, 0.5) is 0 Å². The molecule has 0 bridgehead atoms. The highest BCUT2D eigenvalue weighted by Crippen LogP contribution is 2.28. The Balaban J connectivity index is 0.00000108. The van der Waals surface area contributed by atoms with Gasteiger partial charge in [-0.3, -0.25) is 9.69 Å². The molecule has 0 aromatic carbocycles. The van der Waals surface area contributed by atoms with Gasteiger partial charge >= 0.3 is 0 Å². The molecule has 2 aliphatic heterocycles. The first-order valence-electron chi connectivity index (χ1n) is 6.49. The van der Waals surface area contributed by atoms with E-state index in [2.05, 4.69) is 15.5 Å². The van der Waals surface area contributed by atoms with E-state index in [1.54, 1.807) is 0 Å². The largest absolute Gasteiger partial charge is 0.352 e. The van der Waals surface area contributed by atoms with Crippen LogP contribution < -0.4 is 10.6 Å². The lowest BCUT2D eigenvalue weighted by Gasteiger charge is -2.24. The van der Waals surface area contributed by atoms with Crippen molar-refractivity contribution in [3.8, 4) is 0 Å². The highest BCUT2D eigenvalue weighted by Gasteiger charge is 2.39. The zero-order chi connectivity index (χ0) is 11.1. The van der Waals surface area contributed by atoms with E-state index in [9.17, 15) is 4.79 Å². The molecule has 3 fully saturated rings. The number of likely N-dealkylation sites (tertiary alicyclic amines) is 1. The molecule has 5 heteroatoms. The van der Waals surface area contributed by atoms with E-state index in [0.29, 0.717) is 6.04 Å². The van der Waals surface area contributed by atoms with Gasteiger partial charge in [0.05, 0.1) is 6.04 Å². The number of nitrogens with zero attached hydrogens (tertiary/aromatic N) is 1. The van der Waals surface area contributed by atoms with Crippen LogP contribution in [-0.2, 0) is 4.79 Å². The molecule has 3 rings (SSSR count). The maximum absolute atomic E-state index is 11.9. The smallest absolute Gasteiger partial charge is 0.237 e. The number of halogens is 1. The average Bonchev–Trinajstić information content (AvgIpc) is 2.81. The molecule has 1 aliphatic carbocycles. The Hall–Kier alpha value is -0.320. The Labute approximate surface area is 109 Å². The lowest BCUT2D eigenvalue weighted by Crippen LogP contribution is -2.45. The number of carbonyl (C=O) groups excluding carboxylic acids is 1. The second-order valence-electron chi connectivity index (χ2n) is 5.59. The van der Waals surface area contributed by atoms with Crippen molar-refractivity contribution in [1.82, 2.24) is 15.5 Å². The van der Waals surface area contributed by atoms with Gasteiger partial charge in [0.15, 0.2) is 0 Å². The summed E-state index contributed by atoms with van der Waals surface area (Å²) >= 11 is 0. The Morgan fingerprint density at radius 1 is 1.29 bits per heavy atom. The summed E-state index contributed by atoms with van der Waals surface area (Å²) in [6.45, 7) is 6.51. The van der Waals surface area contributed by atoms with Gasteiger partial charge in [-0.05, 0) is 44.7 Å². The molecule has 2 saturated heterocycles. The summed E-state index contributed by atoms with van der Waals surface area (Å²) in [6.07, 6.45) is 2.35. The molecule has 2 heterocycles. The van der Waals surface area contributed by atoms with Crippen molar-refractivity contribution < 1.29 is 4.79 Å². The standard InChI is InChI=1S/C12H21N3O.ClH/c1-8(12(16)14-11-2-3-11)15-6-9-4-13-5-10(9)7-15;/h8-11,13H,2-7H2,1H3,(H,14,16);1H/t8?,9-,10+;. The number of nitrogens with one attached hydrogen (secondary N) is 2. The van der Waals surface area contributed by atoms with Crippen LogP contribution in [0.2, 0.25) is 0 Å². The van der Waals surface area contributed by atoms with Crippen molar-refractivity contribution in [2.24, 2.45) is 11.8 Å². The lowest BCUT2D eigenvalue weighted by molar-refractivity contribution is -0.125. The van der Waals surface area contributed by atoms with E-state index < -0.39 is 0 Å². The summed E-state index contributed by atoms with van der Waals surface area (Å²) in [4.78, 5) is 14.3. The van der Waals surface area contributed by atoms with Gasteiger partial charge in [0, 0.05) is 19.1 Å². The van der Waals surface area contributed by atoms with Crippen LogP contribution in [-0.4, -0.2) is 49.1 Å². The minimum absolute atomic E-state index is 0. The molecule has 0 aromatic heterocycles. The van der Waals surface area contributed by atoms with Gasteiger partial charge in [0.25, 0.3) is 0 Å². The van der Waals surface area contributed by atoms with E-state index in [0.717, 1.165) is 38.0 Å². The third-order valence-corrected chi connectivity index (χ3v) is 4.27. The predicted molar refractivity (Wildman–Crippen MR) is 69.3 cm³/mol. The van der Waals surface area contributed by atoms with Crippen LogP contribution in [0.5, 0.6) is 0 Å². The van der Waals surface area contributed by atoms with Crippen molar-refractivity contribution in [1.29, 1.82) is 0 Å². The van der Waals surface area contributed by atoms with E-state index in [-0.39, 0.29) is 24.4 Å². The van der Waals surface area contributed by atoms with Crippen molar-refractivity contribution in [3.05, 3.63) is 0 Å². The third-order valence-electron chi connectivity index (χ3n) is 4.27. The summed E-state index contributed by atoms with van der Waals surface area (Å²) in [5.74, 6) is 1.78. The summed E-state index contributed by atoms with van der Waals surface area (Å²) in [5, 5.41) is 6.53. The summed E-state index contributed by atoms with van der Waals surface area (Å²) < 4.78 is 0. The first-order valence-corrected chi connectivity index (χ1v) is 6.49. The minimum Gasteiger partial charge on any atom is -0.352 e. The van der Waals surface area contributed by atoms with Crippen LogP contribution >= 0.6 is 12.4 Å². The molecule has 1 unspecified atom stereocenters. The SMILES string of the molecule is CC(C(=O)NC1CC1)N1C[C@H]2CNC[C@H]2C1.Cl. The molecule has 2 N–H and O–H groups in total. The fourth-order valence-electron chi connectivity index (χ4n) is 2.92. The molecule has 17 heavy (non-hydrogen) atoms. The van der Waals surface area contributed by atoms with Crippen LogP contribution in [0.15, 0.2) is 0 Å². The number of rotatable bonds is 3. The molecule has 3 aliphatic rings. The van der Waals surface area contributed by atoms with Crippen LogP contribution in [0.1, 0.15) is 19.8 Å². The molecule has 0 aromatic rings. The van der Waals surface area contributed by atoms with Crippen LogP contribution in [0.3, 0.4) is 0 Å². The monoisotopic (exact) mass is 259 g/mol. The zero-order valence-electron chi connectivity index (χ0n) is 10.3. The minimum atomic E-state index is 0. The Morgan fingerprint density at radius 3 is 2.41 bits per heavy atom. The topological polar surface area (TPSA) is 44.4 Å². The van der Waals surface area contributed by atoms with Crippen molar-refractivity contribution >= 4 is 18.3 Å². The fraction of sp³-hybridized carbons (Fsp3) is 0.917.